The molecule has 0 bridgehead atoms. The van der Waals surface area contributed by atoms with Crippen LogP contribution in [0.4, 0.5) is 0 Å². The van der Waals surface area contributed by atoms with Crippen molar-refractivity contribution in [3.8, 4) is 5.75 Å². The number of benzene rings is 1. The van der Waals surface area contributed by atoms with Gasteiger partial charge in [-0.15, -0.1) is 0 Å². The molecule has 0 aromatic heterocycles. The molecule has 0 fully saturated rings. The molecular weight excluding hydrogens is 224 g/mol. The highest BCUT2D eigenvalue weighted by Crippen LogP contribution is 2.28. The lowest BCUT2D eigenvalue weighted by atomic mass is 9.97. The fourth-order valence-corrected chi connectivity index (χ4v) is 1.89. The van der Waals surface area contributed by atoms with Gasteiger partial charge in [0.1, 0.15) is 5.75 Å². The Bertz CT molecular complexity index is 394. The van der Waals surface area contributed by atoms with E-state index in [1.165, 1.54) is 0 Å². The van der Waals surface area contributed by atoms with Crippen molar-refractivity contribution in [3.05, 3.63) is 29.3 Å². The largest absolute Gasteiger partial charge is 0.493 e. The molecule has 18 heavy (non-hydrogen) atoms. The summed E-state index contributed by atoms with van der Waals surface area (Å²) >= 11 is 0. The van der Waals surface area contributed by atoms with E-state index in [2.05, 4.69) is 20.8 Å². The summed E-state index contributed by atoms with van der Waals surface area (Å²) in [4.78, 5) is 11.9. The summed E-state index contributed by atoms with van der Waals surface area (Å²) in [5.41, 5.74) is 1.94. The molecule has 1 aromatic rings. The first-order valence-electron chi connectivity index (χ1n) is 6.90. The van der Waals surface area contributed by atoms with E-state index >= 15 is 0 Å². The second-order valence-corrected chi connectivity index (χ2v) is 4.93. The van der Waals surface area contributed by atoms with Gasteiger partial charge in [-0.1, -0.05) is 27.7 Å². The third-order valence-corrected chi connectivity index (χ3v) is 2.89. The molecule has 2 heteroatoms. The van der Waals surface area contributed by atoms with E-state index in [0.717, 1.165) is 36.3 Å². The molecule has 0 atom stereocenters. The number of ketones is 1. The molecule has 0 aliphatic heterocycles. The van der Waals surface area contributed by atoms with Crippen molar-refractivity contribution < 1.29 is 9.53 Å². The van der Waals surface area contributed by atoms with Gasteiger partial charge in [0, 0.05) is 12.0 Å². The minimum atomic E-state index is 0.224. The SMILES string of the molecule is CCCOc1ccc(C(=O)CCC)cc1C(C)C. The Morgan fingerprint density at radius 1 is 1.22 bits per heavy atom. The Hall–Kier alpha value is -1.31. The van der Waals surface area contributed by atoms with E-state index in [0.29, 0.717) is 12.3 Å². The molecule has 0 saturated carbocycles. The predicted molar refractivity (Wildman–Crippen MR) is 75.6 cm³/mol. The number of hydrogen-bond donors (Lipinski definition) is 0. The molecular formula is C16H24O2. The second-order valence-electron chi connectivity index (χ2n) is 4.93. The van der Waals surface area contributed by atoms with Crippen LogP contribution in [-0.4, -0.2) is 12.4 Å². The van der Waals surface area contributed by atoms with Crippen molar-refractivity contribution in [2.75, 3.05) is 6.61 Å². The zero-order valence-corrected chi connectivity index (χ0v) is 12.0. The molecule has 0 heterocycles. The lowest BCUT2D eigenvalue weighted by Gasteiger charge is -2.15. The average Bonchev–Trinajstić information content (AvgIpc) is 2.36. The summed E-state index contributed by atoms with van der Waals surface area (Å²) in [7, 11) is 0. The van der Waals surface area contributed by atoms with Crippen LogP contribution in [0.15, 0.2) is 18.2 Å². The third-order valence-electron chi connectivity index (χ3n) is 2.89. The van der Waals surface area contributed by atoms with Gasteiger partial charge in [0.15, 0.2) is 5.78 Å². The van der Waals surface area contributed by atoms with Gasteiger partial charge in [-0.2, -0.15) is 0 Å². The molecule has 0 amide bonds. The van der Waals surface area contributed by atoms with Crippen LogP contribution in [0.5, 0.6) is 5.75 Å². The van der Waals surface area contributed by atoms with Gasteiger partial charge >= 0.3 is 0 Å². The lowest BCUT2D eigenvalue weighted by molar-refractivity contribution is 0.0981. The Morgan fingerprint density at radius 2 is 1.94 bits per heavy atom. The standard InChI is InChI=1S/C16H24O2/c1-5-7-15(17)13-8-9-16(18-10-6-2)14(11-13)12(3)4/h8-9,11-12H,5-7,10H2,1-4H3. The first-order chi connectivity index (χ1) is 8.60. The lowest BCUT2D eigenvalue weighted by Crippen LogP contribution is -2.04. The average molecular weight is 248 g/mol. The molecule has 0 aliphatic rings. The summed E-state index contributed by atoms with van der Waals surface area (Å²) in [6, 6.07) is 5.82. The Balaban J connectivity index is 2.99. The topological polar surface area (TPSA) is 26.3 Å². The smallest absolute Gasteiger partial charge is 0.162 e. The van der Waals surface area contributed by atoms with E-state index in [-0.39, 0.29) is 5.78 Å². The van der Waals surface area contributed by atoms with Gasteiger partial charge in [-0.3, -0.25) is 4.79 Å². The van der Waals surface area contributed by atoms with Crippen LogP contribution in [0, 0.1) is 0 Å². The van der Waals surface area contributed by atoms with Gasteiger partial charge in [0.05, 0.1) is 6.61 Å². The number of rotatable bonds is 7. The summed E-state index contributed by atoms with van der Waals surface area (Å²) in [6.45, 7) is 9.10. The molecule has 100 valence electrons. The maximum Gasteiger partial charge on any atom is 0.162 e. The quantitative estimate of drug-likeness (QED) is 0.660. The van der Waals surface area contributed by atoms with Crippen molar-refractivity contribution in [3.63, 3.8) is 0 Å². The molecule has 0 radical (unpaired) electrons. The molecule has 0 aliphatic carbocycles. The Kier molecular flexibility index (Phi) is 5.90. The van der Waals surface area contributed by atoms with Crippen molar-refractivity contribution in [1.82, 2.24) is 0 Å². The summed E-state index contributed by atoms with van der Waals surface area (Å²) < 4.78 is 5.73. The van der Waals surface area contributed by atoms with E-state index in [4.69, 9.17) is 4.74 Å². The summed E-state index contributed by atoms with van der Waals surface area (Å²) in [5, 5.41) is 0. The first-order valence-corrected chi connectivity index (χ1v) is 6.90. The highest BCUT2D eigenvalue weighted by Gasteiger charge is 2.12. The van der Waals surface area contributed by atoms with Crippen molar-refractivity contribution >= 4 is 5.78 Å². The van der Waals surface area contributed by atoms with E-state index in [1.807, 2.05) is 25.1 Å². The van der Waals surface area contributed by atoms with E-state index in [9.17, 15) is 4.79 Å². The predicted octanol–water partition coefficient (Wildman–Crippen LogP) is 4.58. The maximum atomic E-state index is 11.9. The minimum absolute atomic E-state index is 0.224. The number of carbonyl (C=O) groups excluding carboxylic acids is 1. The van der Waals surface area contributed by atoms with Gasteiger partial charge in [0.2, 0.25) is 0 Å². The number of carbonyl (C=O) groups is 1. The van der Waals surface area contributed by atoms with E-state index in [1.54, 1.807) is 0 Å². The van der Waals surface area contributed by atoms with E-state index < -0.39 is 0 Å². The number of Topliss-reactive ketones (excluding diaryl/α,β-unsaturated/α-hetero) is 1. The molecule has 1 aromatic carbocycles. The molecule has 0 spiro atoms. The van der Waals surface area contributed by atoms with Crippen LogP contribution in [0.2, 0.25) is 0 Å². The van der Waals surface area contributed by atoms with Crippen LogP contribution < -0.4 is 4.74 Å². The Labute approximate surface area is 110 Å². The summed E-state index contributed by atoms with van der Waals surface area (Å²) in [5.74, 6) is 1.51. The fourth-order valence-electron chi connectivity index (χ4n) is 1.89. The van der Waals surface area contributed by atoms with Gasteiger partial charge in [-0.05, 0) is 42.5 Å². The fraction of sp³-hybridized carbons (Fsp3) is 0.562. The highest BCUT2D eigenvalue weighted by atomic mass is 16.5. The zero-order chi connectivity index (χ0) is 13.5. The molecule has 1 rings (SSSR count). The molecule has 2 nitrogen and oxygen atoms in total. The van der Waals surface area contributed by atoms with Crippen LogP contribution in [0.25, 0.3) is 0 Å². The zero-order valence-electron chi connectivity index (χ0n) is 12.0. The van der Waals surface area contributed by atoms with Gasteiger partial charge in [0.25, 0.3) is 0 Å². The highest BCUT2D eigenvalue weighted by molar-refractivity contribution is 5.96. The second kappa shape index (κ2) is 7.20. The monoisotopic (exact) mass is 248 g/mol. The molecule has 0 N–H and O–H groups in total. The normalized spacial score (nSPS) is 10.7. The summed E-state index contributed by atoms with van der Waals surface area (Å²) in [6.07, 6.45) is 2.50. The number of hydrogen-bond acceptors (Lipinski definition) is 2. The van der Waals surface area contributed by atoms with Crippen LogP contribution >= 0.6 is 0 Å². The van der Waals surface area contributed by atoms with Gasteiger partial charge < -0.3 is 4.74 Å². The van der Waals surface area contributed by atoms with Crippen LogP contribution in [-0.2, 0) is 0 Å². The van der Waals surface area contributed by atoms with Crippen molar-refractivity contribution in [1.29, 1.82) is 0 Å². The first kappa shape index (κ1) is 14.7. The van der Waals surface area contributed by atoms with Crippen LogP contribution in [0.3, 0.4) is 0 Å². The Morgan fingerprint density at radius 3 is 2.50 bits per heavy atom. The van der Waals surface area contributed by atoms with Crippen molar-refractivity contribution in [2.24, 2.45) is 0 Å². The maximum absolute atomic E-state index is 11.9. The van der Waals surface area contributed by atoms with Gasteiger partial charge in [-0.25, -0.2) is 0 Å². The molecule has 0 unspecified atom stereocenters. The van der Waals surface area contributed by atoms with Crippen molar-refractivity contribution in [2.45, 2.75) is 52.9 Å². The minimum Gasteiger partial charge on any atom is -0.493 e. The molecule has 0 saturated heterocycles. The third kappa shape index (κ3) is 3.86. The number of ether oxygens (including phenoxy) is 1. The van der Waals surface area contributed by atoms with Crippen LogP contribution in [0.1, 0.15) is 68.8 Å².